The fourth-order valence-corrected chi connectivity index (χ4v) is 11.0. The second-order valence-electron chi connectivity index (χ2n) is 12.7. The number of Topliss-reactive ketones (excluding diaryl/α,β-unsaturated/α-hetero) is 1. The van der Waals surface area contributed by atoms with Crippen LogP contribution in [0.1, 0.15) is 59.3 Å². The molecule has 212 valence electrons. The Labute approximate surface area is 242 Å². The van der Waals surface area contributed by atoms with Gasteiger partial charge in [-0.05, 0) is 68.2 Å². The van der Waals surface area contributed by atoms with Crippen molar-refractivity contribution in [1.82, 2.24) is 9.97 Å². The molecular weight excluding hydrogens is 544 g/mol. The number of fused-ring (bicyclic) bond motifs is 8. The summed E-state index contributed by atoms with van der Waals surface area (Å²) < 4.78 is 14.1. The number of hydrogen-bond acceptors (Lipinski definition) is 9. The largest absolute Gasteiger partial charge is 0.393 e. The van der Waals surface area contributed by atoms with Gasteiger partial charge in [0.05, 0.1) is 18.0 Å². The highest BCUT2D eigenvalue weighted by Crippen LogP contribution is 2.69. The van der Waals surface area contributed by atoms with Crippen LogP contribution in [0.4, 0.5) is 0 Å². The number of carbonyl (C=O) groups is 2. The number of aromatic nitrogens is 2. The number of ketones is 2. The van der Waals surface area contributed by atoms with Gasteiger partial charge in [0, 0.05) is 22.9 Å². The van der Waals surface area contributed by atoms with Gasteiger partial charge in [0.15, 0.2) is 27.8 Å². The summed E-state index contributed by atoms with van der Waals surface area (Å²) in [6.45, 7) is 6.45. The zero-order chi connectivity index (χ0) is 27.9. The number of thioether (sulfide) groups is 1. The molecule has 7 rings (SSSR count). The van der Waals surface area contributed by atoms with Crippen molar-refractivity contribution in [3.05, 3.63) is 42.1 Å². The number of rotatable bonds is 6. The molecular formula is C31H36N2O5S2. The van der Waals surface area contributed by atoms with Crippen molar-refractivity contribution < 1.29 is 24.2 Å². The summed E-state index contributed by atoms with van der Waals surface area (Å²) in [5, 5.41) is 11.9. The maximum absolute atomic E-state index is 14.4. The smallest absolute Gasteiger partial charge is 0.178 e. The molecule has 2 aromatic rings. The van der Waals surface area contributed by atoms with Crippen molar-refractivity contribution in [3.8, 4) is 0 Å². The van der Waals surface area contributed by atoms with Gasteiger partial charge in [0.1, 0.15) is 10.3 Å². The SMILES string of the molecule is CCC[C@@H]1O[C@@H]2CC3C4CCC5=CC(=O)C=CC5(C)C4[C@@H](O)CC3(C)[C@]2(C(=O)CSc2nc3cccnc3s2)O1. The van der Waals surface area contributed by atoms with Gasteiger partial charge in [-0.15, -0.1) is 0 Å². The number of thiazole rings is 1. The molecule has 0 radical (unpaired) electrons. The van der Waals surface area contributed by atoms with E-state index in [-0.39, 0.29) is 46.6 Å². The highest BCUT2D eigenvalue weighted by Gasteiger charge is 2.75. The van der Waals surface area contributed by atoms with Crippen LogP contribution in [0.25, 0.3) is 10.3 Å². The first-order valence-corrected chi connectivity index (χ1v) is 16.3. The van der Waals surface area contributed by atoms with E-state index < -0.39 is 23.4 Å². The molecule has 5 aliphatic rings. The highest BCUT2D eigenvalue weighted by molar-refractivity contribution is 8.01. The molecule has 40 heavy (non-hydrogen) atoms. The maximum Gasteiger partial charge on any atom is 0.178 e. The molecule has 1 N–H and O–H groups in total. The van der Waals surface area contributed by atoms with E-state index in [4.69, 9.17) is 9.47 Å². The molecule has 1 saturated heterocycles. The van der Waals surface area contributed by atoms with E-state index in [1.165, 1.54) is 23.1 Å². The van der Waals surface area contributed by atoms with Crippen molar-refractivity contribution >= 4 is 45.0 Å². The number of aliphatic hydroxyl groups is 1. The fourth-order valence-electron chi connectivity index (χ4n) is 9.05. The predicted molar refractivity (Wildman–Crippen MR) is 154 cm³/mol. The molecule has 3 heterocycles. The zero-order valence-electron chi connectivity index (χ0n) is 23.2. The lowest BCUT2D eigenvalue weighted by Gasteiger charge is -2.59. The van der Waals surface area contributed by atoms with Crippen LogP contribution in [-0.4, -0.2) is 56.5 Å². The van der Waals surface area contributed by atoms with Crippen LogP contribution >= 0.6 is 23.1 Å². The molecule has 5 unspecified atom stereocenters. The summed E-state index contributed by atoms with van der Waals surface area (Å²) in [7, 11) is 0. The molecule has 0 spiro atoms. The number of pyridine rings is 1. The number of aliphatic hydroxyl groups excluding tert-OH is 1. The standard InChI is InChI=1S/C31H36N2O5S2/c1-4-6-25-37-24-14-20-19-9-8-17-13-18(34)10-11-29(17,2)26(19)22(35)15-30(20,3)31(24,38-25)23(36)16-39-28-33-21-7-5-12-32-27(21)40-28/h5,7,10-13,19-20,22,24-26,35H,4,6,8-9,14-16H2,1-3H3/t19?,20?,22-,24+,25+,26?,29?,30?,31+/m0/s1. The van der Waals surface area contributed by atoms with Gasteiger partial charge in [0.2, 0.25) is 0 Å². The summed E-state index contributed by atoms with van der Waals surface area (Å²) in [4.78, 5) is 36.6. The quantitative estimate of drug-likeness (QED) is 0.446. The van der Waals surface area contributed by atoms with E-state index in [0.717, 1.165) is 52.4 Å². The van der Waals surface area contributed by atoms with Gasteiger partial charge >= 0.3 is 0 Å². The molecule has 4 fully saturated rings. The Morgan fingerprint density at radius 3 is 2.98 bits per heavy atom. The summed E-state index contributed by atoms with van der Waals surface area (Å²) in [6.07, 6.45) is 10.5. The minimum Gasteiger partial charge on any atom is -0.393 e. The Bertz CT molecular complexity index is 1400. The summed E-state index contributed by atoms with van der Waals surface area (Å²) in [5.41, 5.74) is -0.0329. The maximum atomic E-state index is 14.4. The number of hydrogen-bond donors (Lipinski definition) is 1. The first-order valence-electron chi connectivity index (χ1n) is 14.5. The molecule has 3 saturated carbocycles. The normalized spacial score (nSPS) is 41.8. The van der Waals surface area contributed by atoms with Crippen LogP contribution in [-0.2, 0) is 19.1 Å². The number of allylic oxidation sites excluding steroid dienone is 4. The van der Waals surface area contributed by atoms with Gasteiger partial charge in [-0.3, -0.25) is 9.59 Å². The van der Waals surface area contributed by atoms with Gasteiger partial charge < -0.3 is 14.6 Å². The van der Waals surface area contributed by atoms with Gasteiger partial charge in [-0.1, -0.05) is 61.9 Å². The Hall–Kier alpha value is -1.91. The molecule has 0 bridgehead atoms. The minimum atomic E-state index is -1.10. The van der Waals surface area contributed by atoms with Crippen LogP contribution in [0.5, 0.6) is 0 Å². The number of carbonyl (C=O) groups excluding carboxylic acids is 2. The van der Waals surface area contributed by atoms with Crippen LogP contribution in [0, 0.1) is 28.6 Å². The van der Waals surface area contributed by atoms with Crippen molar-refractivity contribution in [1.29, 1.82) is 0 Å². The highest BCUT2D eigenvalue weighted by atomic mass is 32.2. The monoisotopic (exact) mass is 580 g/mol. The van der Waals surface area contributed by atoms with Crippen LogP contribution in [0.15, 0.2) is 46.5 Å². The summed E-state index contributed by atoms with van der Waals surface area (Å²) in [6, 6.07) is 3.81. The topological polar surface area (TPSA) is 98.6 Å². The Kier molecular flexibility index (Phi) is 6.44. The first kappa shape index (κ1) is 27.0. The molecule has 0 aromatic carbocycles. The van der Waals surface area contributed by atoms with Crippen molar-refractivity contribution in [2.24, 2.45) is 28.6 Å². The first-order chi connectivity index (χ1) is 19.2. The lowest BCUT2D eigenvalue weighted by Crippen LogP contribution is -2.63. The van der Waals surface area contributed by atoms with Crippen LogP contribution < -0.4 is 0 Å². The van der Waals surface area contributed by atoms with Crippen LogP contribution in [0.2, 0.25) is 0 Å². The molecule has 4 aliphatic carbocycles. The van der Waals surface area contributed by atoms with E-state index in [9.17, 15) is 14.7 Å². The van der Waals surface area contributed by atoms with E-state index in [2.05, 4.69) is 30.7 Å². The fraction of sp³-hybridized carbons (Fsp3) is 0.613. The van der Waals surface area contributed by atoms with E-state index >= 15 is 0 Å². The second-order valence-corrected chi connectivity index (χ2v) is 14.9. The van der Waals surface area contributed by atoms with E-state index in [1.54, 1.807) is 18.3 Å². The Morgan fingerprint density at radius 1 is 1.32 bits per heavy atom. The second kappa shape index (κ2) is 9.56. The van der Waals surface area contributed by atoms with Gasteiger partial charge in [-0.25, -0.2) is 9.97 Å². The summed E-state index contributed by atoms with van der Waals surface area (Å²) in [5.74, 6) is 0.695. The average Bonchev–Trinajstić information content (AvgIpc) is 3.57. The Balaban J connectivity index is 1.22. The zero-order valence-corrected chi connectivity index (χ0v) is 24.8. The van der Waals surface area contributed by atoms with Crippen molar-refractivity contribution in [2.45, 2.75) is 87.7 Å². The van der Waals surface area contributed by atoms with E-state index in [1.807, 2.05) is 18.2 Å². The molecule has 9 atom stereocenters. The lowest BCUT2D eigenvalue weighted by molar-refractivity contribution is -0.197. The van der Waals surface area contributed by atoms with Crippen molar-refractivity contribution in [3.63, 3.8) is 0 Å². The summed E-state index contributed by atoms with van der Waals surface area (Å²) >= 11 is 2.95. The third-order valence-electron chi connectivity index (χ3n) is 10.7. The molecule has 2 aromatic heterocycles. The Morgan fingerprint density at radius 2 is 2.17 bits per heavy atom. The molecule has 0 amide bonds. The number of ether oxygens (including phenoxy) is 2. The third kappa shape index (κ3) is 3.73. The number of nitrogens with zero attached hydrogens (tertiary/aromatic N) is 2. The van der Waals surface area contributed by atoms with Crippen molar-refractivity contribution in [2.75, 3.05) is 5.75 Å². The minimum absolute atomic E-state index is 0.00281. The van der Waals surface area contributed by atoms with Crippen LogP contribution in [0.3, 0.4) is 0 Å². The molecule has 7 nitrogen and oxygen atoms in total. The van der Waals surface area contributed by atoms with Gasteiger partial charge in [0.25, 0.3) is 0 Å². The lowest BCUT2D eigenvalue weighted by atomic mass is 9.46. The molecule has 1 aliphatic heterocycles. The average molecular weight is 581 g/mol. The van der Waals surface area contributed by atoms with E-state index in [0.29, 0.717) is 6.42 Å². The van der Waals surface area contributed by atoms with Gasteiger partial charge in [-0.2, -0.15) is 0 Å². The predicted octanol–water partition coefficient (Wildman–Crippen LogP) is 5.52. The third-order valence-corrected chi connectivity index (χ3v) is 12.8. The molecule has 9 heteroatoms.